The lowest BCUT2D eigenvalue weighted by atomic mass is 10.1. The zero-order valence-electron chi connectivity index (χ0n) is 10.9. The van der Waals surface area contributed by atoms with Crippen LogP contribution >= 0.6 is 0 Å². The van der Waals surface area contributed by atoms with Crippen LogP contribution in [0.3, 0.4) is 0 Å². The lowest BCUT2D eigenvalue weighted by Crippen LogP contribution is -2.34. The third-order valence-electron chi connectivity index (χ3n) is 3.29. The van der Waals surface area contributed by atoms with E-state index in [2.05, 4.69) is 4.74 Å². The van der Waals surface area contributed by atoms with Gasteiger partial charge in [-0.15, -0.1) is 0 Å². The lowest BCUT2D eigenvalue weighted by Gasteiger charge is -2.20. The first-order valence-corrected chi connectivity index (χ1v) is 6.50. The molecule has 1 aliphatic rings. The highest BCUT2D eigenvalue weighted by Gasteiger charge is 2.29. The Morgan fingerprint density at radius 2 is 2.11 bits per heavy atom. The summed E-state index contributed by atoms with van der Waals surface area (Å²) in [7, 11) is 1.39. The predicted molar refractivity (Wildman–Crippen MR) is 65.9 cm³/mol. The summed E-state index contributed by atoms with van der Waals surface area (Å²) in [6.45, 7) is 0.653. The Morgan fingerprint density at radius 1 is 1.39 bits per heavy atom. The van der Waals surface area contributed by atoms with Crippen molar-refractivity contribution in [1.82, 2.24) is 4.90 Å². The Labute approximate surface area is 107 Å². The summed E-state index contributed by atoms with van der Waals surface area (Å²) in [5.41, 5.74) is 0. The minimum atomic E-state index is -0.215. The van der Waals surface area contributed by atoms with Crippen molar-refractivity contribution in [2.45, 2.75) is 51.0 Å². The van der Waals surface area contributed by atoms with Crippen LogP contribution in [0.2, 0.25) is 0 Å². The lowest BCUT2D eigenvalue weighted by molar-refractivity contribution is -0.140. The van der Waals surface area contributed by atoms with Crippen molar-refractivity contribution in [3.63, 3.8) is 0 Å². The number of esters is 1. The van der Waals surface area contributed by atoms with E-state index in [4.69, 9.17) is 0 Å². The molecule has 1 fully saturated rings. The monoisotopic (exact) mass is 255 g/mol. The fraction of sp³-hybridized carbons (Fsp3) is 0.769. The topological polar surface area (TPSA) is 63.7 Å². The molecule has 1 amide bonds. The summed E-state index contributed by atoms with van der Waals surface area (Å²) in [5.74, 6) is -0.0904. The maximum Gasteiger partial charge on any atom is 0.305 e. The molecule has 18 heavy (non-hydrogen) atoms. The fourth-order valence-electron chi connectivity index (χ4n) is 2.19. The average molecular weight is 255 g/mol. The normalized spacial score (nSPS) is 19.1. The van der Waals surface area contributed by atoms with Crippen molar-refractivity contribution in [3.8, 4) is 0 Å². The van der Waals surface area contributed by atoms with Gasteiger partial charge in [0.2, 0.25) is 5.91 Å². The number of amides is 1. The molecule has 5 nitrogen and oxygen atoms in total. The Morgan fingerprint density at radius 3 is 2.78 bits per heavy atom. The van der Waals surface area contributed by atoms with Gasteiger partial charge in [0.25, 0.3) is 0 Å². The first kappa shape index (κ1) is 14.7. The number of hydrogen-bond donors (Lipinski definition) is 0. The molecule has 0 aromatic heterocycles. The maximum atomic E-state index is 11.5. The Kier molecular flexibility index (Phi) is 6.39. The van der Waals surface area contributed by atoms with E-state index in [1.54, 1.807) is 4.90 Å². The van der Waals surface area contributed by atoms with Gasteiger partial charge in [0, 0.05) is 19.4 Å². The van der Waals surface area contributed by atoms with Gasteiger partial charge >= 0.3 is 5.97 Å². The van der Waals surface area contributed by atoms with Gasteiger partial charge in [-0.05, 0) is 19.3 Å². The molecule has 0 N–H and O–H groups in total. The summed E-state index contributed by atoms with van der Waals surface area (Å²) < 4.78 is 4.55. The van der Waals surface area contributed by atoms with Crippen LogP contribution in [0.25, 0.3) is 0 Å². The summed E-state index contributed by atoms with van der Waals surface area (Å²) in [5, 5.41) is 0. The molecular weight excluding hydrogens is 234 g/mol. The van der Waals surface area contributed by atoms with Crippen LogP contribution in [-0.2, 0) is 19.1 Å². The second kappa shape index (κ2) is 7.84. The summed E-state index contributed by atoms with van der Waals surface area (Å²) >= 11 is 0. The van der Waals surface area contributed by atoms with Gasteiger partial charge in [0.05, 0.1) is 13.2 Å². The highest BCUT2D eigenvalue weighted by molar-refractivity contribution is 5.83. The minimum absolute atomic E-state index is 0.0849. The number of methoxy groups -OCH3 is 1. The van der Waals surface area contributed by atoms with E-state index in [9.17, 15) is 14.4 Å². The van der Waals surface area contributed by atoms with Crippen molar-refractivity contribution >= 4 is 18.2 Å². The van der Waals surface area contributed by atoms with Crippen LogP contribution in [0.15, 0.2) is 0 Å². The quantitative estimate of drug-likeness (QED) is 0.372. The molecule has 0 aliphatic carbocycles. The predicted octanol–water partition coefficient (Wildman–Crippen LogP) is 1.30. The minimum Gasteiger partial charge on any atom is -0.469 e. The van der Waals surface area contributed by atoms with Gasteiger partial charge in [-0.2, -0.15) is 0 Å². The van der Waals surface area contributed by atoms with Crippen LogP contribution in [-0.4, -0.2) is 42.8 Å². The van der Waals surface area contributed by atoms with Crippen LogP contribution in [0, 0.1) is 0 Å². The maximum absolute atomic E-state index is 11.5. The van der Waals surface area contributed by atoms with Crippen LogP contribution in [0.1, 0.15) is 44.9 Å². The van der Waals surface area contributed by atoms with E-state index in [1.165, 1.54) is 7.11 Å². The van der Waals surface area contributed by atoms with Crippen molar-refractivity contribution in [1.29, 1.82) is 0 Å². The molecule has 1 atom stereocenters. The van der Waals surface area contributed by atoms with Gasteiger partial charge in [0.1, 0.15) is 6.29 Å². The van der Waals surface area contributed by atoms with Gasteiger partial charge in [0.15, 0.2) is 0 Å². The first-order valence-electron chi connectivity index (χ1n) is 6.50. The molecule has 0 spiro atoms. The summed E-state index contributed by atoms with van der Waals surface area (Å²) in [4.78, 5) is 34.8. The molecule has 1 saturated heterocycles. The van der Waals surface area contributed by atoms with E-state index >= 15 is 0 Å². The number of hydrogen-bond acceptors (Lipinski definition) is 4. The second-order valence-corrected chi connectivity index (χ2v) is 4.57. The van der Waals surface area contributed by atoms with Crippen LogP contribution < -0.4 is 0 Å². The van der Waals surface area contributed by atoms with Gasteiger partial charge in [-0.25, -0.2) is 0 Å². The first-order chi connectivity index (χ1) is 8.69. The van der Waals surface area contributed by atoms with Gasteiger partial charge < -0.3 is 14.4 Å². The SMILES string of the molecule is COC(=O)CCCCCCN1C(=O)CCC1C=O. The van der Waals surface area contributed by atoms with Crippen molar-refractivity contribution < 1.29 is 19.1 Å². The zero-order valence-corrected chi connectivity index (χ0v) is 10.9. The van der Waals surface area contributed by atoms with Crippen LogP contribution in [0.5, 0.6) is 0 Å². The summed E-state index contributed by atoms with van der Waals surface area (Å²) in [6, 6.07) is -0.215. The smallest absolute Gasteiger partial charge is 0.305 e. The summed E-state index contributed by atoms with van der Waals surface area (Å²) in [6.07, 6.45) is 6.08. The van der Waals surface area contributed by atoms with E-state index < -0.39 is 0 Å². The fourth-order valence-corrected chi connectivity index (χ4v) is 2.19. The molecule has 0 aromatic carbocycles. The van der Waals surface area contributed by atoms with E-state index in [1.807, 2.05) is 0 Å². The molecule has 1 aliphatic heterocycles. The van der Waals surface area contributed by atoms with Crippen molar-refractivity contribution in [2.75, 3.05) is 13.7 Å². The largest absolute Gasteiger partial charge is 0.469 e. The molecule has 5 heteroatoms. The third kappa shape index (κ3) is 4.47. The van der Waals surface area contributed by atoms with E-state index in [0.717, 1.165) is 32.0 Å². The molecule has 0 aromatic rings. The molecule has 0 bridgehead atoms. The van der Waals surface area contributed by atoms with E-state index in [-0.39, 0.29) is 17.9 Å². The number of aldehydes is 1. The number of carbonyl (C=O) groups excluding carboxylic acids is 3. The van der Waals surface area contributed by atoms with Crippen LogP contribution in [0.4, 0.5) is 0 Å². The molecule has 1 rings (SSSR count). The Hall–Kier alpha value is -1.39. The standard InChI is InChI=1S/C13H21NO4/c1-18-13(17)6-4-2-3-5-9-14-11(10-15)7-8-12(14)16/h10-11H,2-9H2,1H3. The Balaban J connectivity index is 2.08. The number of ether oxygens (including phenoxy) is 1. The molecular formula is C13H21NO4. The highest BCUT2D eigenvalue weighted by atomic mass is 16.5. The number of nitrogens with zero attached hydrogens (tertiary/aromatic N) is 1. The molecule has 0 saturated carbocycles. The number of unbranched alkanes of at least 4 members (excludes halogenated alkanes) is 3. The zero-order chi connectivity index (χ0) is 13.4. The third-order valence-corrected chi connectivity index (χ3v) is 3.29. The van der Waals surface area contributed by atoms with Gasteiger partial charge in [-0.3, -0.25) is 9.59 Å². The van der Waals surface area contributed by atoms with Gasteiger partial charge in [-0.1, -0.05) is 12.8 Å². The second-order valence-electron chi connectivity index (χ2n) is 4.57. The number of likely N-dealkylation sites (tertiary alicyclic amines) is 1. The molecule has 0 radical (unpaired) electrons. The molecule has 1 unspecified atom stereocenters. The van der Waals surface area contributed by atoms with Crippen molar-refractivity contribution in [3.05, 3.63) is 0 Å². The number of carbonyl (C=O) groups is 3. The van der Waals surface area contributed by atoms with E-state index in [0.29, 0.717) is 25.8 Å². The van der Waals surface area contributed by atoms with Crippen molar-refractivity contribution in [2.24, 2.45) is 0 Å². The Bertz CT molecular complexity index is 303. The average Bonchev–Trinajstić information content (AvgIpc) is 2.74. The highest BCUT2D eigenvalue weighted by Crippen LogP contribution is 2.18. The molecule has 102 valence electrons. The molecule has 1 heterocycles. The number of rotatable bonds is 8.